The lowest BCUT2D eigenvalue weighted by atomic mass is 10.1. The standard InChI is InChI=1S/C14H14BrFN2O2/c1-3-7-18-13(11(20-2)8-17-18)14(19)9-5-4-6-10(16)12(9)15/h4-6,8H,3,7H2,1-2H3. The van der Waals surface area contributed by atoms with Gasteiger partial charge in [0.15, 0.2) is 11.4 Å². The molecule has 4 nitrogen and oxygen atoms in total. The lowest BCUT2D eigenvalue weighted by Gasteiger charge is -2.09. The Morgan fingerprint density at radius 1 is 1.50 bits per heavy atom. The van der Waals surface area contributed by atoms with E-state index in [1.54, 1.807) is 10.7 Å². The second-order valence-corrected chi connectivity index (χ2v) is 5.01. The van der Waals surface area contributed by atoms with Crippen LogP contribution in [0.3, 0.4) is 0 Å². The van der Waals surface area contributed by atoms with Crippen molar-refractivity contribution in [1.29, 1.82) is 0 Å². The molecule has 106 valence electrons. The summed E-state index contributed by atoms with van der Waals surface area (Å²) in [6.45, 7) is 2.58. The highest BCUT2D eigenvalue weighted by Crippen LogP contribution is 2.27. The number of hydrogen-bond acceptors (Lipinski definition) is 3. The molecule has 2 aromatic rings. The first-order valence-electron chi connectivity index (χ1n) is 6.18. The smallest absolute Gasteiger partial charge is 0.216 e. The topological polar surface area (TPSA) is 44.1 Å². The highest BCUT2D eigenvalue weighted by Gasteiger charge is 2.23. The monoisotopic (exact) mass is 340 g/mol. The third kappa shape index (κ3) is 2.60. The molecular formula is C14H14BrFN2O2. The van der Waals surface area contributed by atoms with Gasteiger partial charge >= 0.3 is 0 Å². The number of halogens is 2. The zero-order valence-electron chi connectivity index (χ0n) is 11.2. The summed E-state index contributed by atoms with van der Waals surface area (Å²) in [4.78, 5) is 12.6. The van der Waals surface area contributed by atoms with E-state index < -0.39 is 5.82 Å². The van der Waals surface area contributed by atoms with Crippen LogP contribution in [-0.4, -0.2) is 22.7 Å². The van der Waals surface area contributed by atoms with E-state index >= 15 is 0 Å². The van der Waals surface area contributed by atoms with Gasteiger partial charge in [-0.1, -0.05) is 13.0 Å². The van der Waals surface area contributed by atoms with Gasteiger partial charge in [-0.3, -0.25) is 9.48 Å². The number of methoxy groups -OCH3 is 1. The summed E-state index contributed by atoms with van der Waals surface area (Å²) in [5, 5.41) is 4.14. The van der Waals surface area contributed by atoms with Crippen LogP contribution in [0.4, 0.5) is 4.39 Å². The molecule has 1 heterocycles. The first kappa shape index (κ1) is 14.7. The molecule has 0 spiro atoms. The summed E-state index contributed by atoms with van der Waals surface area (Å²) >= 11 is 3.11. The average molecular weight is 341 g/mol. The molecule has 1 aromatic carbocycles. The number of aryl methyl sites for hydroxylation is 1. The third-order valence-corrected chi connectivity index (χ3v) is 3.68. The molecule has 0 unspecified atom stereocenters. The van der Waals surface area contributed by atoms with Gasteiger partial charge in [0.25, 0.3) is 0 Å². The van der Waals surface area contributed by atoms with Gasteiger partial charge < -0.3 is 4.74 Å². The molecule has 0 aliphatic carbocycles. The van der Waals surface area contributed by atoms with Crippen LogP contribution < -0.4 is 4.74 Å². The fraction of sp³-hybridized carbons (Fsp3) is 0.286. The minimum Gasteiger partial charge on any atom is -0.493 e. The number of ketones is 1. The minimum absolute atomic E-state index is 0.149. The summed E-state index contributed by atoms with van der Waals surface area (Å²) in [7, 11) is 1.48. The Morgan fingerprint density at radius 2 is 2.25 bits per heavy atom. The van der Waals surface area contributed by atoms with Crippen LogP contribution in [0.2, 0.25) is 0 Å². The molecule has 2 rings (SSSR count). The Labute approximate surface area is 124 Å². The second-order valence-electron chi connectivity index (χ2n) is 4.22. The molecule has 0 N–H and O–H groups in total. The van der Waals surface area contributed by atoms with Crippen molar-refractivity contribution in [2.75, 3.05) is 7.11 Å². The maximum Gasteiger partial charge on any atom is 0.216 e. The number of ether oxygens (including phenoxy) is 1. The van der Waals surface area contributed by atoms with E-state index in [4.69, 9.17) is 4.74 Å². The van der Waals surface area contributed by atoms with Crippen molar-refractivity contribution >= 4 is 21.7 Å². The van der Waals surface area contributed by atoms with Gasteiger partial charge in [-0.05, 0) is 34.5 Å². The molecule has 0 saturated heterocycles. The molecule has 0 aliphatic heterocycles. The maximum atomic E-state index is 13.6. The SMILES string of the molecule is CCCn1ncc(OC)c1C(=O)c1cccc(F)c1Br. The van der Waals surface area contributed by atoms with Crippen LogP contribution in [0.5, 0.6) is 5.75 Å². The molecule has 20 heavy (non-hydrogen) atoms. The highest BCUT2D eigenvalue weighted by atomic mass is 79.9. The van der Waals surface area contributed by atoms with Crippen LogP contribution in [-0.2, 0) is 6.54 Å². The molecule has 0 aliphatic rings. The summed E-state index contributed by atoms with van der Waals surface area (Å²) in [5.74, 6) is -0.407. The Hall–Kier alpha value is -1.69. The van der Waals surface area contributed by atoms with E-state index in [0.29, 0.717) is 18.0 Å². The number of carbonyl (C=O) groups is 1. The van der Waals surface area contributed by atoms with E-state index in [9.17, 15) is 9.18 Å². The van der Waals surface area contributed by atoms with Crippen molar-refractivity contribution in [2.45, 2.75) is 19.9 Å². The normalized spacial score (nSPS) is 10.6. The summed E-state index contributed by atoms with van der Waals surface area (Å²) in [5.41, 5.74) is 0.585. The predicted octanol–water partition coefficient (Wildman–Crippen LogP) is 3.43. The van der Waals surface area contributed by atoms with Crippen molar-refractivity contribution in [3.63, 3.8) is 0 Å². The minimum atomic E-state index is -0.476. The zero-order chi connectivity index (χ0) is 14.7. The van der Waals surface area contributed by atoms with Crippen LogP contribution in [0.25, 0.3) is 0 Å². The van der Waals surface area contributed by atoms with Gasteiger partial charge in [-0.15, -0.1) is 0 Å². The van der Waals surface area contributed by atoms with Gasteiger partial charge in [0.1, 0.15) is 5.82 Å². The Morgan fingerprint density at radius 3 is 2.90 bits per heavy atom. The van der Waals surface area contributed by atoms with Crippen LogP contribution in [0.1, 0.15) is 29.4 Å². The molecule has 0 fully saturated rings. The second kappa shape index (κ2) is 6.17. The van der Waals surface area contributed by atoms with E-state index in [-0.39, 0.29) is 15.8 Å². The molecule has 0 saturated carbocycles. The molecule has 0 amide bonds. The van der Waals surface area contributed by atoms with Crippen molar-refractivity contribution in [3.05, 3.63) is 45.9 Å². The number of aromatic nitrogens is 2. The number of carbonyl (C=O) groups excluding carboxylic acids is 1. The van der Waals surface area contributed by atoms with Crippen molar-refractivity contribution in [2.24, 2.45) is 0 Å². The fourth-order valence-electron chi connectivity index (χ4n) is 1.93. The zero-order valence-corrected chi connectivity index (χ0v) is 12.8. The Bertz CT molecular complexity index is 640. The van der Waals surface area contributed by atoms with Gasteiger partial charge in [-0.2, -0.15) is 5.10 Å². The highest BCUT2D eigenvalue weighted by molar-refractivity contribution is 9.10. The average Bonchev–Trinajstić information content (AvgIpc) is 2.84. The first-order chi connectivity index (χ1) is 9.60. The number of nitrogens with zero attached hydrogens (tertiary/aromatic N) is 2. The fourth-order valence-corrected chi connectivity index (χ4v) is 2.38. The number of benzene rings is 1. The molecule has 6 heteroatoms. The molecule has 0 radical (unpaired) electrons. The molecular weight excluding hydrogens is 327 g/mol. The lowest BCUT2D eigenvalue weighted by molar-refractivity contribution is 0.102. The summed E-state index contributed by atoms with van der Waals surface area (Å²) in [6.07, 6.45) is 2.32. The van der Waals surface area contributed by atoms with Crippen molar-refractivity contribution < 1.29 is 13.9 Å². The van der Waals surface area contributed by atoms with Crippen LogP contribution in [0, 0.1) is 5.82 Å². The Balaban J connectivity index is 2.52. The van der Waals surface area contributed by atoms with Crippen molar-refractivity contribution in [1.82, 2.24) is 9.78 Å². The molecule has 1 aromatic heterocycles. The van der Waals surface area contributed by atoms with Crippen LogP contribution >= 0.6 is 15.9 Å². The van der Waals surface area contributed by atoms with Crippen molar-refractivity contribution in [3.8, 4) is 5.75 Å². The molecule has 0 bridgehead atoms. The van der Waals surface area contributed by atoms with Gasteiger partial charge in [-0.25, -0.2) is 4.39 Å². The van der Waals surface area contributed by atoms with Gasteiger partial charge in [0.2, 0.25) is 5.78 Å². The number of rotatable bonds is 5. The third-order valence-electron chi connectivity index (χ3n) is 2.87. The largest absolute Gasteiger partial charge is 0.493 e. The van der Waals surface area contributed by atoms with Gasteiger partial charge in [0.05, 0.1) is 17.8 Å². The van der Waals surface area contributed by atoms with Gasteiger partial charge in [0, 0.05) is 12.1 Å². The summed E-state index contributed by atoms with van der Waals surface area (Å²) < 4.78 is 20.5. The molecule has 0 atom stereocenters. The van der Waals surface area contributed by atoms with E-state index in [1.165, 1.54) is 25.4 Å². The maximum absolute atomic E-state index is 13.6. The van der Waals surface area contributed by atoms with E-state index in [0.717, 1.165) is 6.42 Å². The summed E-state index contributed by atoms with van der Waals surface area (Å²) in [6, 6.07) is 4.36. The lowest BCUT2D eigenvalue weighted by Crippen LogP contribution is -2.13. The Kier molecular flexibility index (Phi) is 4.54. The van der Waals surface area contributed by atoms with Crippen LogP contribution in [0.15, 0.2) is 28.9 Å². The van der Waals surface area contributed by atoms with E-state index in [2.05, 4.69) is 21.0 Å². The quantitative estimate of drug-likeness (QED) is 0.783. The van der Waals surface area contributed by atoms with E-state index in [1.807, 2.05) is 6.92 Å². The first-order valence-corrected chi connectivity index (χ1v) is 6.98. The number of hydrogen-bond donors (Lipinski definition) is 0. The predicted molar refractivity (Wildman–Crippen MR) is 76.6 cm³/mol.